The van der Waals surface area contributed by atoms with E-state index >= 15 is 0 Å². The Morgan fingerprint density at radius 2 is 1.76 bits per heavy atom. The zero-order valence-electron chi connectivity index (χ0n) is 12.5. The third kappa shape index (κ3) is 8.75. The molecule has 0 radical (unpaired) electrons. The second kappa shape index (κ2) is 13.1. The molecular weight excluding hydrogens is 272 g/mol. The van der Waals surface area contributed by atoms with Gasteiger partial charge in [0.05, 0.1) is 5.56 Å². The number of hydrogen-bond acceptors (Lipinski definition) is 5. The molecule has 6 heteroatoms. The first kappa shape index (κ1) is 19.1. The normalized spacial score (nSPS) is 9.43. The van der Waals surface area contributed by atoms with E-state index in [4.69, 9.17) is 16.0 Å². The number of hydrogen-bond donors (Lipinski definition) is 2. The number of unbranched alkanes of at least 4 members (excludes halogenated alkanes) is 5. The Bertz CT molecular complexity index is 410. The van der Waals surface area contributed by atoms with Crippen LogP contribution in [0.15, 0.2) is 29.6 Å². The molecule has 1 aromatic carbocycles. The largest absolute Gasteiger partial charge is 0.379 e. The average Bonchev–Trinajstić information content (AvgIpc) is 2.51. The van der Waals surface area contributed by atoms with Gasteiger partial charge in [0.2, 0.25) is 0 Å². The molecule has 6 nitrogen and oxygen atoms in total. The van der Waals surface area contributed by atoms with Gasteiger partial charge in [0.25, 0.3) is 0 Å². The number of rotatable bonds is 8. The predicted molar refractivity (Wildman–Crippen MR) is 80.7 cm³/mol. The monoisotopic (exact) mass is 296 g/mol. The van der Waals surface area contributed by atoms with Crippen LogP contribution < -0.4 is 5.90 Å². The summed E-state index contributed by atoms with van der Waals surface area (Å²) in [6.07, 6.45) is 8.41. The number of carbonyl (C=O) groups is 1. The van der Waals surface area contributed by atoms with Crippen molar-refractivity contribution < 1.29 is 14.8 Å². The maximum Gasteiger partial charge on any atom is 0.356 e. The van der Waals surface area contributed by atoms with Gasteiger partial charge in [-0.15, -0.1) is 4.91 Å². The molecule has 0 fully saturated rings. The van der Waals surface area contributed by atoms with Crippen molar-refractivity contribution in [3.05, 3.63) is 40.3 Å². The van der Waals surface area contributed by atoms with Crippen LogP contribution in [-0.2, 0) is 11.3 Å². The number of nitrogens with zero attached hydrogens (tertiary/aromatic N) is 1. The van der Waals surface area contributed by atoms with Crippen LogP contribution in [0.1, 0.15) is 61.4 Å². The van der Waals surface area contributed by atoms with Gasteiger partial charge in [-0.05, 0) is 24.5 Å². The summed E-state index contributed by atoms with van der Waals surface area (Å²) in [4.78, 5) is 23.9. The number of benzene rings is 1. The Kier molecular flexibility index (Phi) is 11.8. The van der Waals surface area contributed by atoms with Gasteiger partial charge in [-0.3, -0.25) is 0 Å². The van der Waals surface area contributed by atoms with Gasteiger partial charge in [0.1, 0.15) is 0 Å². The standard InChI is InChI=1S/C15H23NO2.HNO2/c1-2-3-4-5-6-7-10-13-11-8-9-12-14(13)15(17)18-16;2-1-3/h8-9,11-12H,2-7,10,16H2,1H3;(H,2,3). The van der Waals surface area contributed by atoms with Gasteiger partial charge in [0.15, 0.2) is 5.34 Å². The van der Waals surface area contributed by atoms with Crippen molar-refractivity contribution in [3.8, 4) is 0 Å². The summed E-state index contributed by atoms with van der Waals surface area (Å²) in [6.45, 7) is 2.22. The Balaban J connectivity index is 0.00000122. The van der Waals surface area contributed by atoms with Crippen molar-refractivity contribution >= 4 is 5.97 Å². The molecule has 0 aliphatic rings. The number of aryl methyl sites for hydroxylation is 1. The maximum absolute atomic E-state index is 11.5. The Morgan fingerprint density at radius 3 is 2.38 bits per heavy atom. The molecule has 0 aromatic heterocycles. The van der Waals surface area contributed by atoms with E-state index < -0.39 is 5.97 Å². The second-order valence-electron chi connectivity index (χ2n) is 4.66. The highest BCUT2D eigenvalue weighted by Crippen LogP contribution is 2.14. The lowest BCUT2D eigenvalue weighted by Gasteiger charge is -2.07. The molecule has 0 atom stereocenters. The predicted octanol–water partition coefficient (Wildman–Crippen LogP) is 3.76. The van der Waals surface area contributed by atoms with Gasteiger partial charge in [0, 0.05) is 0 Å². The molecule has 0 unspecified atom stereocenters. The lowest BCUT2D eigenvalue weighted by Crippen LogP contribution is -2.12. The van der Waals surface area contributed by atoms with E-state index in [-0.39, 0.29) is 0 Å². The molecule has 0 saturated carbocycles. The molecule has 0 amide bonds. The van der Waals surface area contributed by atoms with Crippen LogP contribution in [0.4, 0.5) is 0 Å². The molecular formula is C15H24N2O4. The van der Waals surface area contributed by atoms with Crippen LogP contribution in [0.5, 0.6) is 0 Å². The Labute approximate surface area is 125 Å². The van der Waals surface area contributed by atoms with Gasteiger partial charge in [-0.25, -0.2) is 4.79 Å². The molecule has 3 N–H and O–H groups in total. The molecule has 1 aromatic rings. The quantitative estimate of drug-likeness (QED) is 0.432. The van der Waals surface area contributed by atoms with E-state index in [1.807, 2.05) is 18.2 Å². The van der Waals surface area contributed by atoms with Crippen LogP contribution in [-0.4, -0.2) is 11.2 Å². The van der Waals surface area contributed by atoms with Crippen molar-refractivity contribution in [2.75, 3.05) is 0 Å². The van der Waals surface area contributed by atoms with Crippen molar-refractivity contribution in [2.45, 2.75) is 51.9 Å². The first-order valence-electron chi connectivity index (χ1n) is 7.16. The first-order chi connectivity index (χ1) is 10.2. The van der Waals surface area contributed by atoms with E-state index in [0.717, 1.165) is 18.4 Å². The van der Waals surface area contributed by atoms with E-state index in [1.54, 1.807) is 6.07 Å². The molecule has 0 saturated heterocycles. The van der Waals surface area contributed by atoms with Gasteiger partial charge >= 0.3 is 5.97 Å². The fourth-order valence-electron chi connectivity index (χ4n) is 2.10. The lowest BCUT2D eigenvalue weighted by molar-refractivity contribution is 0.0502. The number of nitrogens with two attached hydrogens (primary N) is 1. The SMILES string of the molecule is CCCCCCCCc1ccccc1C(=O)ON.O=NO. The van der Waals surface area contributed by atoms with E-state index in [0.29, 0.717) is 5.56 Å². The summed E-state index contributed by atoms with van der Waals surface area (Å²) >= 11 is 0. The minimum absolute atomic E-state index is 0.448. The minimum atomic E-state index is -0.448. The van der Waals surface area contributed by atoms with Crippen LogP contribution in [0.3, 0.4) is 0 Å². The maximum atomic E-state index is 11.5. The van der Waals surface area contributed by atoms with Crippen molar-refractivity contribution in [1.82, 2.24) is 0 Å². The highest BCUT2D eigenvalue weighted by Gasteiger charge is 2.10. The van der Waals surface area contributed by atoms with Crippen molar-refractivity contribution in [3.63, 3.8) is 0 Å². The molecule has 1 rings (SSSR count). The van der Waals surface area contributed by atoms with Crippen molar-refractivity contribution in [1.29, 1.82) is 0 Å². The highest BCUT2D eigenvalue weighted by atomic mass is 16.7. The topological polar surface area (TPSA) is 102 Å². The third-order valence-corrected chi connectivity index (χ3v) is 3.14. The molecule has 0 aliphatic carbocycles. The summed E-state index contributed by atoms with van der Waals surface area (Å²) in [5, 5.41) is 7.89. The lowest BCUT2D eigenvalue weighted by atomic mass is 10.0. The van der Waals surface area contributed by atoms with Crippen LogP contribution in [0.25, 0.3) is 0 Å². The summed E-state index contributed by atoms with van der Waals surface area (Å²) in [7, 11) is 0. The first-order valence-corrected chi connectivity index (χ1v) is 7.16. The van der Waals surface area contributed by atoms with Gasteiger partial charge < -0.3 is 10.0 Å². The average molecular weight is 296 g/mol. The van der Waals surface area contributed by atoms with E-state index in [2.05, 4.69) is 11.8 Å². The highest BCUT2D eigenvalue weighted by molar-refractivity contribution is 5.90. The summed E-state index contributed by atoms with van der Waals surface area (Å²) < 4.78 is 0. The fourth-order valence-corrected chi connectivity index (χ4v) is 2.10. The zero-order valence-corrected chi connectivity index (χ0v) is 12.5. The molecule has 0 bridgehead atoms. The Hall–Kier alpha value is -1.95. The minimum Gasteiger partial charge on any atom is -0.379 e. The molecule has 118 valence electrons. The Morgan fingerprint density at radius 1 is 1.19 bits per heavy atom. The van der Waals surface area contributed by atoms with E-state index in [9.17, 15) is 4.79 Å². The van der Waals surface area contributed by atoms with Crippen LogP contribution in [0, 0.1) is 4.91 Å². The fraction of sp³-hybridized carbons (Fsp3) is 0.533. The molecule has 0 heterocycles. The zero-order chi connectivity index (χ0) is 15.9. The van der Waals surface area contributed by atoms with Gasteiger partial charge in [-0.2, -0.15) is 5.90 Å². The van der Waals surface area contributed by atoms with Gasteiger partial charge in [-0.1, -0.05) is 57.2 Å². The van der Waals surface area contributed by atoms with Crippen LogP contribution >= 0.6 is 0 Å². The van der Waals surface area contributed by atoms with Crippen LogP contribution in [0.2, 0.25) is 0 Å². The van der Waals surface area contributed by atoms with Crippen molar-refractivity contribution in [2.24, 2.45) is 11.2 Å². The second-order valence-corrected chi connectivity index (χ2v) is 4.66. The summed E-state index contributed by atoms with van der Waals surface area (Å²) in [5.74, 6) is 4.49. The summed E-state index contributed by atoms with van der Waals surface area (Å²) in [6, 6.07) is 7.51. The summed E-state index contributed by atoms with van der Waals surface area (Å²) in [5.41, 5.74) is 1.62. The molecule has 0 spiro atoms. The number of carbonyl (C=O) groups excluding carboxylic acids is 1. The third-order valence-electron chi connectivity index (χ3n) is 3.14. The molecule has 0 aliphatic heterocycles. The smallest absolute Gasteiger partial charge is 0.356 e. The molecule has 21 heavy (non-hydrogen) atoms. The van der Waals surface area contributed by atoms with E-state index in [1.165, 1.54) is 37.4 Å².